The molecule has 1 heterocycles. The Morgan fingerprint density at radius 3 is 2.55 bits per heavy atom. The molecule has 0 aliphatic carbocycles. The first-order chi connectivity index (χ1) is 9.79. The van der Waals surface area contributed by atoms with Gasteiger partial charge in [0.1, 0.15) is 5.75 Å². The zero-order chi connectivity index (χ0) is 13.9. The summed E-state index contributed by atoms with van der Waals surface area (Å²) in [4.78, 5) is 0. The fraction of sp³-hybridized carbons (Fsp3) is 0.333. The minimum absolute atomic E-state index is 0.420. The summed E-state index contributed by atoms with van der Waals surface area (Å²) in [6.45, 7) is 3.19. The maximum atomic E-state index is 5.36. The number of rotatable bonds is 3. The Bertz CT molecular complexity index is 579. The molecular formula is C18H21NO. The Morgan fingerprint density at radius 1 is 1.05 bits per heavy atom. The molecule has 0 radical (unpaired) electrons. The molecule has 1 N–H and O–H groups in total. The first-order valence-electron chi connectivity index (χ1n) is 7.22. The van der Waals surface area contributed by atoms with Crippen LogP contribution in [0, 0.1) is 6.92 Å². The highest BCUT2D eigenvalue weighted by Crippen LogP contribution is 2.38. The van der Waals surface area contributed by atoms with Gasteiger partial charge in [-0.25, -0.2) is 0 Å². The monoisotopic (exact) mass is 267 g/mol. The van der Waals surface area contributed by atoms with Crippen molar-refractivity contribution in [2.75, 3.05) is 13.7 Å². The fourth-order valence-corrected chi connectivity index (χ4v) is 3.21. The van der Waals surface area contributed by atoms with Crippen LogP contribution in [0.2, 0.25) is 0 Å². The van der Waals surface area contributed by atoms with E-state index in [-0.39, 0.29) is 0 Å². The molecule has 2 unspecified atom stereocenters. The highest BCUT2D eigenvalue weighted by molar-refractivity contribution is 5.39. The number of ether oxygens (including phenoxy) is 1. The summed E-state index contributed by atoms with van der Waals surface area (Å²) in [6.07, 6.45) is 1.19. The van der Waals surface area contributed by atoms with Crippen molar-refractivity contribution < 1.29 is 4.74 Å². The highest BCUT2D eigenvalue weighted by Gasteiger charge is 2.29. The summed E-state index contributed by atoms with van der Waals surface area (Å²) in [5.41, 5.74) is 3.99. The molecule has 2 aromatic carbocycles. The van der Waals surface area contributed by atoms with Crippen LogP contribution in [0.15, 0.2) is 48.5 Å². The second-order valence-electron chi connectivity index (χ2n) is 5.47. The third-order valence-corrected chi connectivity index (χ3v) is 4.23. The minimum atomic E-state index is 0.420. The Morgan fingerprint density at radius 2 is 1.85 bits per heavy atom. The molecule has 1 saturated heterocycles. The molecule has 104 valence electrons. The van der Waals surface area contributed by atoms with Gasteiger partial charge in [0.15, 0.2) is 0 Å². The van der Waals surface area contributed by atoms with E-state index in [0.29, 0.717) is 12.0 Å². The summed E-state index contributed by atoms with van der Waals surface area (Å²) < 4.78 is 5.36. The molecule has 2 atom stereocenters. The summed E-state index contributed by atoms with van der Waals surface area (Å²) >= 11 is 0. The van der Waals surface area contributed by atoms with E-state index in [4.69, 9.17) is 4.74 Å². The third kappa shape index (κ3) is 2.44. The topological polar surface area (TPSA) is 21.3 Å². The van der Waals surface area contributed by atoms with E-state index >= 15 is 0 Å². The molecule has 2 heteroatoms. The van der Waals surface area contributed by atoms with Crippen molar-refractivity contribution in [1.82, 2.24) is 5.32 Å². The van der Waals surface area contributed by atoms with Crippen molar-refractivity contribution in [1.29, 1.82) is 0 Å². The Balaban J connectivity index is 1.91. The molecule has 2 aromatic rings. The van der Waals surface area contributed by atoms with Crippen LogP contribution in [-0.2, 0) is 0 Å². The van der Waals surface area contributed by atoms with E-state index in [0.717, 1.165) is 12.3 Å². The molecule has 0 amide bonds. The maximum Gasteiger partial charge on any atom is 0.121 e. The third-order valence-electron chi connectivity index (χ3n) is 4.23. The van der Waals surface area contributed by atoms with Gasteiger partial charge in [0.2, 0.25) is 0 Å². The van der Waals surface area contributed by atoms with E-state index in [1.165, 1.54) is 23.1 Å². The number of hydrogen-bond acceptors (Lipinski definition) is 2. The Kier molecular flexibility index (Phi) is 3.75. The molecule has 20 heavy (non-hydrogen) atoms. The average Bonchev–Trinajstić information content (AvgIpc) is 2.97. The van der Waals surface area contributed by atoms with Crippen molar-refractivity contribution in [2.45, 2.75) is 25.3 Å². The van der Waals surface area contributed by atoms with Crippen molar-refractivity contribution in [3.05, 3.63) is 65.2 Å². The summed E-state index contributed by atoms with van der Waals surface area (Å²) in [5, 5.41) is 3.64. The van der Waals surface area contributed by atoms with E-state index in [9.17, 15) is 0 Å². The number of hydrogen-bond donors (Lipinski definition) is 1. The lowest BCUT2D eigenvalue weighted by Gasteiger charge is -2.21. The summed E-state index contributed by atoms with van der Waals surface area (Å²) in [5.74, 6) is 1.51. The SMILES string of the molecule is COc1ccc(C2CCNC2c2ccccc2)cc1C. The van der Waals surface area contributed by atoms with Crippen molar-refractivity contribution >= 4 is 0 Å². The molecule has 1 aliphatic heterocycles. The van der Waals surface area contributed by atoms with Gasteiger partial charge in [-0.05, 0) is 42.6 Å². The predicted molar refractivity (Wildman–Crippen MR) is 82.3 cm³/mol. The van der Waals surface area contributed by atoms with E-state index < -0.39 is 0 Å². The van der Waals surface area contributed by atoms with E-state index in [1.54, 1.807) is 7.11 Å². The second-order valence-corrected chi connectivity index (χ2v) is 5.47. The van der Waals surface area contributed by atoms with Gasteiger partial charge in [-0.2, -0.15) is 0 Å². The number of methoxy groups -OCH3 is 1. The van der Waals surface area contributed by atoms with Gasteiger partial charge in [0.05, 0.1) is 7.11 Å². The Labute approximate surface area is 120 Å². The maximum absolute atomic E-state index is 5.36. The molecule has 0 aromatic heterocycles. The van der Waals surface area contributed by atoms with Crippen LogP contribution < -0.4 is 10.1 Å². The standard InChI is InChI=1S/C18H21NO/c1-13-12-15(8-9-17(13)20-2)16-10-11-19-18(16)14-6-4-3-5-7-14/h3-9,12,16,18-19H,10-11H2,1-2H3. The van der Waals surface area contributed by atoms with Gasteiger partial charge in [-0.1, -0.05) is 42.5 Å². The molecule has 0 saturated carbocycles. The lowest BCUT2D eigenvalue weighted by molar-refractivity contribution is 0.411. The second kappa shape index (κ2) is 5.68. The quantitative estimate of drug-likeness (QED) is 0.912. The van der Waals surface area contributed by atoms with Crippen LogP contribution in [0.4, 0.5) is 0 Å². The number of benzene rings is 2. The molecule has 3 rings (SSSR count). The first-order valence-corrected chi connectivity index (χ1v) is 7.22. The smallest absolute Gasteiger partial charge is 0.121 e. The molecule has 0 bridgehead atoms. The van der Waals surface area contributed by atoms with Crippen LogP contribution >= 0.6 is 0 Å². The minimum Gasteiger partial charge on any atom is -0.496 e. The fourth-order valence-electron chi connectivity index (χ4n) is 3.21. The summed E-state index contributed by atoms with van der Waals surface area (Å²) in [6, 6.07) is 17.7. The van der Waals surface area contributed by atoms with Gasteiger partial charge in [-0.3, -0.25) is 0 Å². The van der Waals surface area contributed by atoms with Crippen LogP contribution in [-0.4, -0.2) is 13.7 Å². The molecule has 1 fully saturated rings. The highest BCUT2D eigenvalue weighted by atomic mass is 16.5. The Hall–Kier alpha value is -1.80. The van der Waals surface area contributed by atoms with Crippen LogP contribution in [0.3, 0.4) is 0 Å². The normalized spacial score (nSPS) is 21.9. The van der Waals surface area contributed by atoms with Crippen LogP contribution in [0.25, 0.3) is 0 Å². The van der Waals surface area contributed by atoms with Crippen molar-refractivity contribution in [3.8, 4) is 5.75 Å². The van der Waals surface area contributed by atoms with E-state index in [1.807, 2.05) is 0 Å². The van der Waals surface area contributed by atoms with Gasteiger partial charge in [-0.15, -0.1) is 0 Å². The van der Waals surface area contributed by atoms with Gasteiger partial charge < -0.3 is 10.1 Å². The van der Waals surface area contributed by atoms with E-state index in [2.05, 4.69) is 60.8 Å². The molecular weight excluding hydrogens is 246 g/mol. The zero-order valence-electron chi connectivity index (χ0n) is 12.1. The summed E-state index contributed by atoms with van der Waals surface area (Å²) in [7, 11) is 1.73. The first kappa shape index (κ1) is 13.2. The van der Waals surface area contributed by atoms with Crippen LogP contribution in [0.5, 0.6) is 5.75 Å². The molecule has 0 spiro atoms. The lowest BCUT2D eigenvalue weighted by atomic mass is 9.87. The number of aryl methyl sites for hydroxylation is 1. The van der Waals surface area contributed by atoms with Crippen molar-refractivity contribution in [2.24, 2.45) is 0 Å². The van der Waals surface area contributed by atoms with Crippen LogP contribution in [0.1, 0.15) is 35.1 Å². The molecule has 2 nitrogen and oxygen atoms in total. The van der Waals surface area contributed by atoms with Gasteiger partial charge >= 0.3 is 0 Å². The van der Waals surface area contributed by atoms with Crippen molar-refractivity contribution in [3.63, 3.8) is 0 Å². The average molecular weight is 267 g/mol. The van der Waals surface area contributed by atoms with Gasteiger partial charge in [0.25, 0.3) is 0 Å². The zero-order valence-corrected chi connectivity index (χ0v) is 12.1. The largest absolute Gasteiger partial charge is 0.496 e. The molecule has 1 aliphatic rings. The van der Waals surface area contributed by atoms with Gasteiger partial charge in [0, 0.05) is 12.0 Å². The lowest BCUT2D eigenvalue weighted by Crippen LogP contribution is -2.17. The number of nitrogens with one attached hydrogen (secondary N) is 1. The predicted octanol–water partition coefficient (Wildman–Crippen LogP) is 3.82.